The maximum absolute atomic E-state index is 12.2. The van der Waals surface area contributed by atoms with Crippen molar-refractivity contribution in [3.8, 4) is 5.75 Å². The van der Waals surface area contributed by atoms with Gasteiger partial charge in [0.25, 0.3) is 0 Å². The number of para-hydroxylation sites is 1. The Morgan fingerprint density at radius 2 is 1.72 bits per heavy atom. The number of hydrogen-bond donors (Lipinski definition) is 1. The predicted octanol–water partition coefficient (Wildman–Crippen LogP) is 1.37. The number of rotatable bonds is 6. The van der Waals surface area contributed by atoms with Crippen LogP contribution in [0.5, 0.6) is 5.75 Å². The van der Waals surface area contributed by atoms with Gasteiger partial charge in [0.1, 0.15) is 12.4 Å². The summed E-state index contributed by atoms with van der Waals surface area (Å²) >= 11 is 0. The van der Waals surface area contributed by atoms with Crippen LogP contribution in [0.4, 0.5) is 0 Å². The number of benzene rings is 1. The van der Waals surface area contributed by atoms with Gasteiger partial charge >= 0.3 is 0 Å². The largest absolute Gasteiger partial charge is 0.492 e. The minimum atomic E-state index is -0.474. The van der Waals surface area contributed by atoms with Crippen molar-refractivity contribution in [2.24, 2.45) is 5.41 Å². The average molecular weight is 347 g/mol. The van der Waals surface area contributed by atoms with Gasteiger partial charge in [-0.15, -0.1) is 0 Å². The molecule has 0 aromatic heterocycles. The van der Waals surface area contributed by atoms with Crippen LogP contribution in [0, 0.1) is 5.41 Å². The lowest BCUT2D eigenvalue weighted by molar-refractivity contribution is -0.136. The molecule has 0 atom stereocenters. The molecule has 1 aromatic carbocycles. The molecular weight excluding hydrogens is 318 g/mol. The van der Waals surface area contributed by atoms with E-state index in [0.717, 1.165) is 25.4 Å². The van der Waals surface area contributed by atoms with Crippen LogP contribution in [-0.2, 0) is 9.59 Å². The van der Waals surface area contributed by atoms with Gasteiger partial charge in [0, 0.05) is 38.1 Å². The van der Waals surface area contributed by atoms with E-state index in [1.165, 1.54) is 0 Å². The van der Waals surface area contributed by atoms with E-state index in [1.807, 2.05) is 56.0 Å². The smallest absolute Gasteiger partial charge is 0.242 e. The van der Waals surface area contributed by atoms with E-state index in [1.54, 1.807) is 0 Å². The normalized spacial score (nSPS) is 15.7. The molecule has 138 valence electrons. The van der Waals surface area contributed by atoms with Crippen molar-refractivity contribution in [2.75, 3.05) is 45.9 Å². The summed E-state index contributed by atoms with van der Waals surface area (Å²) in [5.74, 6) is 0.765. The summed E-state index contributed by atoms with van der Waals surface area (Å²) in [6.07, 6.45) is 0. The molecule has 1 aromatic rings. The van der Waals surface area contributed by atoms with E-state index < -0.39 is 5.41 Å². The van der Waals surface area contributed by atoms with Gasteiger partial charge in [0.2, 0.25) is 11.8 Å². The molecule has 0 aliphatic carbocycles. The maximum Gasteiger partial charge on any atom is 0.242 e. The molecule has 0 saturated carbocycles. The summed E-state index contributed by atoms with van der Waals surface area (Å²) in [7, 11) is 0. The van der Waals surface area contributed by atoms with E-state index in [4.69, 9.17) is 4.74 Å². The molecule has 1 heterocycles. The second-order valence-electron chi connectivity index (χ2n) is 7.32. The minimum absolute atomic E-state index is 0.0159. The van der Waals surface area contributed by atoms with E-state index >= 15 is 0 Å². The lowest BCUT2D eigenvalue weighted by Crippen LogP contribution is -2.52. The number of nitrogens with zero attached hydrogens (tertiary/aromatic N) is 2. The van der Waals surface area contributed by atoms with Crippen LogP contribution in [0.2, 0.25) is 0 Å². The standard InChI is InChI=1S/C19H29N3O3/c1-19(2,3)18(24)20-15-17(23)22-11-9-21(10-12-22)13-14-25-16-7-5-4-6-8-16/h4-8H,9-15H2,1-3H3,(H,20,24). The number of carbonyl (C=O) groups excluding carboxylic acids is 2. The van der Waals surface area contributed by atoms with E-state index in [2.05, 4.69) is 10.2 Å². The van der Waals surface area contributed by atoms with Crippen LogP contribution in [0.15, 0.2) is 30.3 Å². The zero-order chi connectivity index (χ0) is 18.3. The molecule has 1 aliphatic heterocycles. The van der Waals surface area contributed by atoms with Crippen LogP contribution in [0.1, 0.15) is 20.8 Å². The van der Waals surface area contributed by atoms with Gasteiger partial charge in [0.15, 0.2) is 0 Å². The number of piperazine rings is 1. The zero-order valence-electron chi connectivity index (χ0n) is 15.5. The summed E-state index contributed by atoms with van der Waals surface area (Å²) in [5, 5.41) is 2.72. The van der Waals surface area contributed by atoms with Crippen molar-refractivity contribution in [1.29, 1.82) is 0 Å². The maximum atomic E-state index is 12.2. The van der Waals surface area contributed by atoms with Gasteiger partial charge in [-0.05, 0) is 12.1 Å². The monoisotopic (exact) mass is 347 g/mol. The van der Waals surface area contributed by atoms with Crippen molar-refractivity contribution >= 4 is 11.8 Å². The second kappa shape index (κ2) is 8.85. The fraction of sp³-hybridized carbons (Fsp3) is 0.579. The highest BCUT2D eigenvalue weighted by Gasteiger charge is 2.24. The van der Waals surface area contributed by atoms with Crippen molar-refractivity contribution in [3.05, 3.63) is 30.3 Å². The second-order valence-corrected chi connectivity index (χ2v) is 7.32. The van der Waals surface area contributed by atoms with Crippen molar-refractivity contribution in [3.63, 3.8) is 0 Å². The summed E-state index contributed by atoms with van der Waals surface area (Å²) < 4.78 is 5.71. The molecule has 0 unspecified atom stereocenters. The molecule has 25 heavy (non-hydrogen) atoms. The molecule has 6 heteroatoms. The number of amides is 2. The highest BCUT2D eigenvalue weighted by Crippen LogP contribution is 2.12. The summed E-state index contributed by atoms with van der Waals surface area (Å²) in [4.78, 5) is 28.1. The van der Waals surface area contributed by atoms with Crippen molar-refractivity contribution in [2.45, 2.75) is 20.8 Å². The molecule has 0 radical (unpaired) electrons. The molecule has 0 bridgehead atoms. The molecule has 0 spiro atoms. The van der Waals surface area contributed by atoms with Crippen LogP contribution in [0.3, 0.4) is 0 Å². The number of nitrogens with one attached hydrogen (secondary N) is 1. The molecule has 2 rings (SSSR count). The van der Waals surface area contributed by atoms with Gasteiger partial charge in [-0.2, -0.15) is 0 Å². The Hall–Kier alpha value is -2.08. The molecule has 1 fully saturated rings. The minimum Gasteiger partial charge on any atom is -0.492 e. The third-order valence-corrected chi connectivity index (χ3v) is 4.23. The number of ether oxygens (including phenoxy) is 1. The average Bonchev–Trinajstić information content (AvgIpc) is 2.60. The van der Waals surface area contributed by atoms with Gasteiger partial charge in [0.05, 0.1) is 6.54 Å². The number of hydrogen-bond acceptors (Lipinski definition) is 4. The van der Waals surface area contributed by atoms with Gasteiger partial charge < -0.3 is 15.0 Å². The Labute approximate surface area is 150 Å². The fourth-order valence-electron chi connectivity index (χ4n) is 2.56. The van der Waals surface area contributed by atoms with Gasteiger partial charge in [-0.25, -0.2) is 0 Å². The lowest BCUT2D eigenvalue weighted by Gasteiger charge is -2.34. The molecule has 2 amide bonds. The Balaban J connectivity index is 1.63. The Bertz CT molecular complexity index is 561. The van der Waals surface area contributed by atoms with E-state index in [9.17, 15) is 9.59 Å². The van der Waals surface area contributed by atoms with Crippen LogP contribution < -0.4 is 10.1 Å². The third kappa shape index (κ3) is 6.38. The first kappa shape index (κ1) is 19.2. The Kier molecular flexibility index (Phi) is 6.82. The van der Waals surface area contributed by atoms with Crippen molar-refractivity contribution in [1.82, 2.24) is 15.1 Å². The highest BCUT2D eigenvalue weighted by atomic mass is 16.5. The molecular formula is C19H29N3O3. The van der Waals surface area contributed by atoms with Gasteiger partial charge in [-0.1, -0.05) is 39.0 Å². The third-order valence-electron chi connectivity index (χ3n) is 4.23. The summed E-state index contributed by atoms with van der Waals surface area (Å²) in [6, 6.07) is 9.77. The van der Waals surface area contributed by atoms with Crippen LogP contribution in [-0.4, -0.2) is 67.5 Å². The topological polar surface area (TPSA) is 61.9 Å². The van der Waals surface area contributed by atoms with Crippen LogP contribution in [0.25, 0.3) is 0 Å². The van der Waals surface area contributed by atoms with E-state index in [-0.39, 0.29) is 18.4 Å². The first-order chi connectivity index (χ1) is 11.9. The summed E-state index contributed by atoms with van der Waals surface area (Å²) in [6.45, 7) is 10.1. The quantitative estimate of drug-likeness (QED) is 0.844. The SMILES string of the molecule is CC(C)(C)C(=O)NCC(=O)N1CCN(CCOc2ccccc2)CC1. The molecule has 1 N–H and O–H groups in total. The Morgan fingerprint density at radius 3 is 2.32 bits per heavy atom. The summed E-state index contributed by atoms with van der Waals surface area (Å²) in [5.41, 5.74) is -0.474. The molecule has 6 nitrogen and oxygen atoms in total. The molecule has 1 saturated heterocycles. The number of carbonyl (C=O) groups is 2. The predicted molar refractivity (Wildman–Crippen MR) is 97.4 cm³/mol. The van der Waals surface area contributed by atoms with E-state index in [0.29, 0.717) is 19.7 Å². The molecule has 1 aliphatic rings. The Morgan fingerprint density at radius 1 is 1.08 bits per heavy atom. The fourth-order valence-corrected chi connectivity index (χ4v) is 2.56. The van der Waals surface area contributed by atoms with Crippen LogP contribution >= 0.6 is 0 Å². The van der Waals surface area contributed by atoms with Gasteiger partial charge in [-0.3, -0.25) is 14.5 Å². The lowest BCUT2D eigenvalue weighted by atomic mass is 9.96. The highest BCUT2D eigenvalue weighted by molar-refractivity contribution is 5.87. The van der Waals surface area contributed by atoms with Crippen molar-refractivity contribution < 1.29 is 14.3 Å². The first-order valence-electron chi connectivity index (χ1n) is 8.82. The first-order valence-corrected chi connectivity index (χ1v) is 8.82. The zero-order valence-corrected chi connectivity index (χ0v) is 15.5.